The van der Waals surface area contributed by atoms with E-state index in [1.54, 1.807) is 0 Å². The number of carbonyl (C=O) groups excluding carboxylic acids is 2. The molecule has 0 aromatic carbocycles. The Morgan fingerprint density at radius 3 is 2.83 bits per heavy atom. The van der Waals surface area contributed by atoms with E-state index in [2.05, 4.69) is 5.32 Å². The fourth-order valence-electron chi connectivity index (χ4n) is 3.20. The van der Waals surface area contributed by atoms with E-state index in [0.717, 1.165) is 19.3 Å². The van der Waals surface area contributed by atoms with E-state index in [-0.39, 0.29) is 17.7 Å². The highest BCUT2D eigenvalue weighted by atomic mass is 16.2. The highest BCUT2D eigenvalue weighted by Crippen LogP contribution is 2.29. The van der Waals surface area contributed by atoms with Crippen molar-refractivity contribution in [2.24, 2.45) is 17.6 Å². The van der Waals surface area contributed by atoms with Gasteiger partial charge in [-0.05, 0) is 31.7 Å². The van der Waals surface area contributed by atoms with Crippen molar-refractivity contribution in [1.82, 2.24) is 10.2 Å². The van der Waals surface area contributed by atoms with Crippen molar-refractivity contribution in [1.29, 1.82) is 0 Å². The number of nitrogens with two attached hydrogens (primary N) is 1. The summed E-state index contributed by atoms with van der Waals surface area (Å²) in [5, 5.41) is 2.77. The maximum Gasteiger partial charge on any atom is 0.227 e. The van der Waals surface area contributed by atoms with Crippen molar-refractivity contribution in [2.45, 2.75) is 38.1 Å². The van der Waals surface area contributed by atoms with Crippen molar-refractivity contribution in [3.8, 4) is 0 Å². The highest BCUT2D eigenvalue weighted by molar-refractivity contribution is 5.83. The van der Waals surface area contributed by atoms with Gasteiger partial charge in [-0.3, -0.25) is 9.59 Å². The summed E-state index contributed by atoms with van der Waals surface area (Å²) in [6.45, 7) is 1.14. The Balaban J connectivity index is 1.93. The van der Waals surface area contributed by atoms with E-state index in [4.69, 9.17) is 5.73 Å². The first-order chi connectivity index (χ1) is 8.63. The Hall–Kier alpha value is -1.10. The second-order valence-corrected chi connectivity index (χ2v) is 5.48. The van der Waals surface area contributed by atoms with Gasteiger partial charge in [-0.25, -0.2) is 0 Å². The van der Waals surface area contributed by atoms with Crippen molar-refractivity contribution in [3.63, 3.8) is 0 Å². The molecule has 18 heavy (non-hydrogen) atoms. The van der Waals surface area contributed by atoms with E-state index in [1.165, 1.54) is 0 Å². The first-order valence-corrected chi connectivity index (χ1v) is 6.87. The molecule has 0 aromatic rings. The molecular formula is C13H23N3O2. The molecule has 5 nitrogen and oxygen atoms in total. The first kappa shape index (κ1) is 13.3. The molecule has 3 unspecified atom stereocenters. The minimum Gasteiger partial charge on any atom is -0.355 e. The van der Waals surface area contributed by atoms with Crippen LogP contribution in [-0.4, -0.2) is 42.9 Å². The number of carbonyl (C=O) groups is 2. The van der Waals surface area contributed by atoms with Gasteiger partial charge in [0.1, 0.15) is 0 Å². The number of hydrogen-bond acceptors (Lipinski definition) is 3. The summed E-state index contributed by atoms with van der Waals surface area (Å²) in [5.41, 5.74) is 5.76. The van der Waals surface area contributed by atoms with Gasteiger partial charge < -0.3 is 16.0 Å². The zero-order valence-electron chi connectivity index (χ0n) is 11.0. The standard InChI is InChI=1S/C13H23N3O2/c1-16(11-4-2-3-9(11)7-14)13(18)10-5-6-12(17)15-8-10/h9-11H,2-8,14H2,1H3,(H,15,17). The quantitative estimate of drug-likeness (QED) is 0.749. The van der Waals surface area contributed by atoms with Crippen LogP contribution >= 0.6 is 0 Å². The summed E-state index contributed by atoms with van der Waals surface area (Å²) in [6.07, 6.45) is 4.49. The predicted molar refractivity (Wildman–Crippen MR) is 68.7 cm³/mol. The minimum absolute atomic E-state index is 0.0493. The maximum absolute atomic E-state index is 12.4. The van der Waals surface area contributed by atoms with Crippen LogP contribution < -0.4 is 11.1 Å². The van der Waals surface area contributed by atoms with Gasteiger partial charge in [0, 0.05) is 26.1 Å². The van der Waals surface area contributed by atoms with Crippen LogP contribution in [0.3, 0.4) is 0 Å². The number of amides is 2. The normalized spacial score (nSPS) is 32.1. The average Bonchev–Trinajstić information content (AvgIpc) is 2.86. The minimum atomic E-state index is -0.0493. The lowest BCUT2D eigenvalue weighted by Crippen LogP contribution is -2.48. The smallest absolute Gasteiger partial charge is 0.227 e. The molecule has 1 heterocycles. The molecular weight excluding hydrogens is 230 g/mol. The fourth-order valence-corrected chi connectivity index (χ4v) is 3.20. The monoisotopic (exact) mass is 253 g/mol. The number of rotatable bonds is 3. The molecule has 2 rings (SSSR count). The Bertz CT molecular complexity index is 322. The van der Waals surface area contributed by atoms with Crippen LogP contribution in [0.2, 0.25) is 0 Å². The number of hydrogen-bond donors (Lipinski definition) is 2. The molecule has 2 fully saturated rings. The molecule has 1 saturated carbocycles. The lowest BCUT2D eigenvalue weighted by Gasteiger charge is -2.33. The Morgan fingerprint density at radius 2 is 2.22 bits per heavy atom. The van der Waals surface area contributed by atoms with Gasteiger partial charge in [0.25, 0.3) is 0 Å². The van der Waals surface area contributed by atoms with Crippen molar-refractivity contribution < 1.29 is 9.59 Å². The molecule has 3 N–H and O–H groups in total. The van der Waals surface area contributed by atoms with E-state index < -0.39 is 0 Å². The second-order valence-electron chi connectivity index (χ2n) is 5.48. The van der Waals surface area contributed by atoms with Gasteiger partial charge in [0.2, 0.25) is 11.8 Å². The van der Waals surface area contributed by atoms with Gasteiger partial charge in [-0.1, -0.05) is 6.42 Å². The maximum atomic E-state index is 12.4. The molecule has 0 aromatic heterocycles. The van der Waals surface area contributed by atoms with Crippen LogP contribution in [0.1, 0.15) is 32.1 Å². The Labute approximate surface area is 108 Å². The van der Waals surface area contributed by atoms with Crippen LogP contribution in [-0.2, 0) is 9.59 Å². The third-order valence-corrected chi connectivity index (χ3v) is 4.38. The zero-order chi connectivity index (χ0) is 13.1. The van der Waals surface area contributed by atoms with Gasteiger partial charge in [0.15, 0.2) is 0 Å². The lowest BCUT2D eigenvalue weighted by atomic mass is 9.95. The van der Waals surface area contributed by atoms with Gasteiger partial charge in [-0.2, -0.15) is 0 Å². The molecule has 5 heteroatoms. The van der Waals surface area contributed by atoms with Crippen LogP contribution in [0.15, 0.2) is 0 Å². The molecule has 0 radical (unpaired) electrons. The molecule has 1 aliphatic heterocycles. The van der Waals surface area contributed by atoms with Gasteiger partial charge in [-0.15, -0.1) is 0 Å². The molecule has 102 valence electrons. The topological polar surface area (TPSA) is 75.4 Å². The molecule has 2 amide bonds. The molecule has 1 aliphatic carbocycles. The summed E-state index contributed by atoms with van der Waals surface area (Å²) in [4.78, 5) is 25.4. The van der Waals surface area contributed by atoms with Gasteiger partial charge in [0.05, 0.1) is 5.92 Å². The predicted octanol–water partition coefficient (Wildman–Crippen LogP) is 0.0984. The van der Waals surface area contributed by atoms with Gasteiger partial charge >= 0.3 is 0 Å². The Morgan fingerprint density at radius 1 is 1.44 bits per heavy atom. The first-order valence-electron chi connectivity index (χ1n) is 6.87. The third kappa shape index (κ3) is 2.66. The molecule has 0 spiro atoms. The van der Waals surface area contributed by atoms with E-state index >= 15 is 0 Å². The fraction of sp³-hybridized carbons (Fsp3) is 0.846. The van der Waals surface area contributed by atoms with Crippen LogP contribution in [0.4, 0.5) is 0 Å². The summed E-state index contributed by atoms with van der Waals surface area (Å²) >= 11 is 0. The zero-order valence-corrected chi connectivity index (χ0v) is 11.0. The number of nitrogens with zero attached hydrogens (tertiary/aromatic N) is 1. The van der Waals surface area contributed by atoms with Crippen LogP contribution in [0.5, 0.6) is 0 Å². The second kappa shape index (κ2) is 5.69. The molecule has 3 atom stereocenters. The van der Waals surface area contributed by atoms with Crippen LogP contribution in [0.25, 0.3) is 0 Å². The summed E-state index contributed by atoms with van der Waals surface area (Å²) < 4.78 is 0. The highest BCUT2D eigenvalue weighted by Gasteiger charge is 2.35. The Kier molecular flexibility index (Phi) is 4.22. The molecule has 2 aliphatic rings. The number of piperidine rings is 1. The largest absolute Gasteiger partial charge is 0.355 e. The molecule has 0 bridgehead atoms. The van der Waals surface area contributed by atoms with Crippen molar-refractivity contribution >= 4 is 11.8 Å². The average molecular weight is 253 g/mol. The summed E-state index contributed by atoms with van der Waals surface area (Å²) in [7, 11) is 1.89. The molecule has 1 saturated heterocycles. The lowest BCUT2D eigenvalue weighted by molar-refractivity contribution is -0.138. The van der Waals surface area contributed by atoms with Crippen LogP contribution in [0, 0.1) is 11.8 Å². The van der Waals surface area contributed by atoms with Crippen molar-refractivity contribution in [2.75, 3.05) is 20.1 Å². The summed E-state index contributed by atoms with van der Waals surface area (Å²) in [5.74, 6) is 0.617. The summed E-state index contributed by atoms with van der Waals surface area (Å²) in [6, 6.07) is 0.292. The third-order valence-electron chi connectivity index (χ3n) is 4.38. The van der Waals surface area contributed by atoms with E-state index in [1.807, 2.05) is 11.9 Å². The SMILES string of the molecule is CN(C(=O)C1CCC(=O)NC1)C1CCCC1CN. The number of nitrogens with one attached hydrogen (secondary N) is 1. The van der Waals surface area contributed by atoms with E-state index in [9.17, 15) is 9.59 Å². The van der Waals surface area contributed by atoms with E-state index in [0.29, 0.717) is 37.9 Å². The van der Waals surface area contributed by atoms with Crippen molar-refractivity contribution in [3.05, 3.63) is 0 Å².